The maximum Gasteiger partial charge on any atom is 0.338 e. The van der Waals surface area contributed by atoms with Crippen LogP contribution in [-0.2, 0) is 9.53 Å². The molecular weight excluding hydrogens is 452 g/mol. The van der Waals surface area contributed by atoms with Crippen LogP contribution in [0.1, 0.15) is 24.1 Å². The predicted molar refractivity (Wildman–Crippen MR) is 125 cm³/mol. The highest BCUT2D eigenvalue weighted by molar-refractivity contribution is 7.98. The van der Waals surface area contributed by atoms with Crippen LogP contribution in [0, 0.1) is 0 Å². The summed E-state index contributed by atoms with van der Waals surface area (Å²) in [5.41, 5.74) is 2.34. The molecule has 2 heterocycles. The summed E-state index contributed by atoms with van der Waals surface area (Å²) >= 11 is 9.01. The first-order valence-electron chi connectivity index (χ1n) is 9.43. The molecule has 0 spiro atoms. The third-order valence-electron chi connectivity index (χ3n) is 5.00. The molecule has 0 radical (unpaired) electrons. The molecule has 0 bridgehead atoms. The van der Waals surface area contributed by atoms with Crippen molar-refractivity contribution in [2.75, 3.05) is 13.4 Å². The van der Waals surface area contributed by atoms with Gasteiger partial charge in [-0.3, -0.25) is 9.36 Å². The quantitative estimate of drug-likeness (QED) is 0.430. The van der Waals surface area contributed by atoms with Gasteiger partial charge in [0, 0.05) is 9.92 Å². The number of nitrogens with zero attached hydrogens (tertiary/aromatic N) is 2. The largest absolute Gasteiger partial charge is 0.466 e. The van der Waals surface area contributed by atoms with Gasteiger partial charge in [-0.05, 0) is 54.6 Å². The minimum atomic E-state index is -0.610. The molecule has 0 fully saturated rings. The average molecular weight is 471 g/mol. The van der Waals surface area contributed by atoms with Crippen molar-refractivity contribution in [2.45, 2.75) is 17.9 Å². The molecule has 8 heteroatoms. The van der Waals surface area contributed by atoms with Crippen molar-refractivity contribution in [1.29, 1.82) is 0 Å². The van der Waals surface area contributed by atoms with Crippen LogP contribution >= 0.6 is 34.7 Å². The number of methoxy groups -OCH3 is 1. The number of thiazole rings is 1. The van der Waals surface area contributed by atoms with E-state index in [4.69, 9.17) is 16.3 Å². The lowest BCUT2D eigenvalue weighted by atomic mass is 9.96. The maximum atomic E-state index is 13.4. The van der Waals surface area contributed by atoms with Crippen molar-refractivity contribution in [3.63, 3.8) is 0 Å². The number of benzene rings is 2. The fraction of sp³-hybridized carbons (Fsp3) is 0.174. The molecule has 1 aliphatic rings. The zero-order valence-electron chi connectivity index (χ0n) is 17.1. The molecule has 0 amide bonds. The summed E-state index contributed by atoms with van der Waals surface area (Å²) in [5, 5.41) is 0.595. The Labute approximate surface area is 192 Å². The van der Waals surface area contributed by atoms with Crippen LogP contribution in [0.15, 0.2) is 74.5 Å². The first-order valence-corrected chi connectivity index (χ1v) is 11.8. The first-order chi connectivity index (χ1) is 14.9. The summed E-state index contributed by atoms with van der Waals surface area (Å²) < 4.78 is 7.13. The number of carbonyl (C=O) groups excluding carboxylic acids is 1. The van der Waals surface area contributed by atoms with Crippen molar-refractivity contribution in [2.24, 2.45) is 4.99 Å². The molecule has 0 aliphatic carbocycles. The van der Waals surface area contributed by atoms with E-state index in [0.717, 1.165) is 16.0 Å². The van der Waals surface area contributed by atoms with E-state index in [1.807, 2.05) is 42.7 Å². The van der Waals surface area contributed by atoms with Gasteiger partial charge < -0.3 is 4.74 Å². The summed E-state index contributed by atoms with van der Waals surface area (Å²) in [6, 6.07) is 14.5. The normalized spacial score (nSPS) is 16.1. The van der Waals surface area contributed by atoms with Crippen LogP contribution < -0.4 is 14.9 Å². The molecule has 0 saturated heterocycles. The first kappa shape index (κ1) is 21.6. The molecular formula is C23H19ClN2O3S2. The molecule has 0 unspecified atom stereocenters. The second-order valence-corrected chi connectivity index (χ2v) is 9.23. The molecule has 0 saturated carbocycles. The van der Waals surface area contributed by atoms with Gasteiger partial charge in [-0.15, -0.1) is 11.8 Å². The maximum absolute atomic E-state index is 13.4. The average Bonchev–Trinajstić information content (AvgIpc) is 3.07. The smallest absolute Gasteiger partial charge is 0.338 e. The number of allylic oxidation sites excluding steroid dienone is 1. The van der Waals surface area contributed by atoms with Gasteiger partial charge in [0.1, 0.15) is 0 Å². The van der Waals surface area contributed by atoms with Crippen molar-refractivity contribution in [1.82, 2.24) is 4.57 Å². The molecule has 1 atom stereocenters. The zero-order valence-corrected chi connectivity index (χ0v) is 19.5. The minimum absolute atomic E-state index is 0.212. The van der Waals surface area contributed by atoms with Gasteiger partial charge in [0.15, 0.2) is 4.80 Å². The highest BCUT2D eigenvalue weighted by Gasteiger charge is 2.33. The van der Waals surface area contributed by atoms with Gasteiger partial charge in [-0.1, -0.05) is 47.2 Å². The van der Waals surface area contributed by atoms with E-state index in [2.05, 4.69) is 4.99 Å². The van der Waals surface area contributed by atoms with E-state index in [1.165, 1.54) is 18.4 Å². The Hall–Kier alpha value is -2.61. The number of hydrogen-bond donors (Lipinski definition) is 0. The van der Waals surface area contributed by atoms with E-state index in [1.54, 1.807) is 41.5 Å². The Bertz CT molecular complexity index is 1370. The third kappa shape index (κ3) is 4.13. The molecule has 2 aromatic carbocycles. The number of esters is 1. The van der Waals surface area contributed by atoms with Crippen molar-refractivity contribution >= 4 is 46.7 Å². The molecule has 4 rings (SSSR count). The van der Waals surface area contributed by atoms with E-state index < -0.39 is 12.0 Å². The van der Waals surface area contributed by atoms with Gasteiger partial charge in [-0.25, -0.2) is 9.79 Å². The minimum Gasteiger partial charge on any atom is -0.466 e. The van der Waals surface area contributed by atoms with E-state index in [-0.39, 0.29) is 5.56 Å². The number of fused-ring (bicyclic) bond motifs is 1. The Kier molecular flexibility index (Phi) is 6.18. The SMILES string of the molecule is COC(=O)C1=C(C)N=c2s/c(=C\c3cccc(Cl)c3)c(=O)n2[C@@H]1c1ccc(SC)cc1. The van der Waals surface area contributed by atoms with Crippen LogP contribution in [0.2, 0.25) is 5.02 Å². The van der Waals surface area contributed by atoms with Gasteiger partial charge in [-0.2, -0.15) is 0 Å². The lowest BCUT2D eigenvalue weighted by Gasteiger charge is -2.24. The Morgan fingerprint density at radius 1 is 1.26 bits per heavy atom. The second-order valence-electron chi connectivity index (χ2n) is 6.90. The summed E-state index contributed by atoms with van der Waals surface area (Å²) in [6.45, 7) is 1.77. The third-order valence-corrected chi connectivity index (χ3v) is 6.97. The number of carbonyl (C=O) groups is 1. The highest BCUT2D eigenvalue weighted by atomic mass is 35.5. The van der Waals surface area contributed by atoms with Crippen LogP contribution in [-0.4, -0.2) is 23.9 Å². The van der Waals surface area contributed by atoms with Crippen LogP contribution in [0.4, 0.5) is 0 Å². The number of thioether (sulfide) groups is 1. The van der Waals surface area contributed by atoms with Crippen LogP contribution in [0.25, 0.3) is 6.08 Å². The predicted octanol–water partition coefficient (Wildman–Crippen LogP) is 3.78. The molecule has 1 aliphatic heterocycles. The van der Waals surface area contributed by atoms with E-state index in [0.29, 0.717) is 25.6 Å². The number of halogens is 1. The number of aromatic nitrogens is 1. The lowest BCUT2D eigenvalue weighted by molar-refractivity contribution is -0.136. The second kappa shape index (κ2) is 8.86. The van der Waals surface area contributed by atoms with E-state index in [9.17, 15) is 9.59 Å². The monoisotopic (exact) mass is 470 g/mol. The highest BCUT2D eigenvalue weighted by Crippen LogP contribution is 2.31. The molecule has 158 valence electrons. The van der Waals surface area contributed by atoms with Crippen LogP contribution in [0.5, 0.6) is 0 Å². The molecule has 3 aromatic rings. The topological polar surface area (TPSA) is 60.7 Å². The Morgan fingerprint density at radius 3 is 2.65 bits per heavy atom. The van der Waals surface area contributed by atoms with Gasteiger partial charge in [0.2, 0.25) is 0 Å². The molecule has 31 heavy (non-hydrogen) atoms. The number of rotatable bonds is 4. The summed E-state index contributed by atoms with van der Waals surface area (Å²) in [4.78, 5) is 32.3. The molecule has 5 nitrogen and oxygen atoms in total. The van der Waals surface area contributed by atoms with Gasteiger partial charge >= 0.3 is 5.97 Å². The summed E-state index contributed by atoms with van der Waals surface area (Å²) in [7, 11) is 1.33. The number of hydrogen-bond acceptors (Lipinski definition) is 6. The van der Waals surface area contributed by atoms with Crippen molar-refractivity contribution in [3.8, 4) is 0 Å². The summed E-state index contributed by atoms with van der Waals surface area (Å²) in [6.07, 6.45) is 3.79. The van der Waals surface area contributed by atoms with Crippen molar-refractivity contribution < 1.29 is 9.53 Å². The van der Waals surface area contributed by atoms with Gasteiger partial charge in [0.25, 0.3) is 5.56 Å². The van der Waals surface area contributed by atoms with Crippen LogP contribution in [0.3, 0.4) is 0 Å². The lowest BCUT2D eigenvalue weighted by Crippen LogP contribution is -2.39. The van der Waals surface area contributed by atoms with Crippen molar-refractivity contribution in [3.05, 3.63) is 95.6 Å². The number of ether oxygens (including phenoxy) is 1. The summed E-state index contributed by atoms with van der Waals surface area (Å²) in [5.74, 6) is -0.496. The fourth-order valence-electron chi connectivity index (χ4n) is 3.54. The zero-order chi connectivity index (χ0) is 22.1. The standard InChI is InChI=1S/C23H19ClN2O3S2/c1-13-19(22(28)29-2)20(15-7-9-17(30-3)10-8-15)26-21(27)18(31-23(26)25-13)12-14-5-4-6-16(24)11-14/h4-12,20H,1-3H3/b18-12-/t20-/m1/s1. The van der Waals surface area contributed by atoms with Gasteiger partial charge in [0.05, 0.1) is 29.0 Å². The Morgan fingerprint density at radius 2 is 2.00 bits per heavy atom. The fourth-order valence-corrected chi connectivity index (χ4v) is 5.20. The van der Waals surface area contributed by atoms with E-state index >= 15 is 0 Å². The molecule has 1 aromatic heterocycles. The molecule has 0 N–H and O–H groups in total. The Balaban J connectivity index is 1.96.